The molecule has 10 aromatic carbocycles. The summed E-state index contributed by atoms with van der Waals surface area (Å²) in [7, 11) is 0. The van der Waals surface area contributed by atoms with Crippen molar-refractivity contribution < 1.29 is 4.42 Å². The number of fused-ring (bicyclic) bond motifs is 12. The Hall–Kier alpha value is -8.20. The summed E-state index contributed by atoms with van der Waals surface area (Å²) in [6, 6.07) is 89.6. The summed E-state index contributed by atoms with van der Waals surface area (Å²) < 4.78 is 6.40. The first-order chi connectivity index (χ1) is 36.6. The number of furan rings is 1. The fraction of sp³-hybridized carbons (Fsp3) is 0.167. The third-order valence-corrected chi connectivity index (χ3v) is 18.9. The first-order valence-corrected chi connectivity index (χ1v) is 27.1. The van der Waals surface area contributed by atoms with Crippen LogP contribution in [0.1, 0.15) is 71.9 Å². The molecule has 2 nitrogen and oxygen atoms in total. The van der Waals surface area contributed by atoms with E-state index in [0.29, 0.717) is 23.7 Å². The highest BCUT2D eigenvalue weighted by Crippen LogP contribution is 2.77. The molecule has 1 unspecified atom stereocenters. The van der Waals surface area contributed by atoms with Crippen molar-refractivity contribution >= 4 is 39.0 Å². The molecule has 3 fully saturated rings. The lowest BCUT2D eigenvalue weighted by Crippen LogP contribution is -2.46. The van der Waals surface area contributed by atoms with E-state index in [1.54, 1.807) is 11.1 Å². The molecule has 1 heterocycles. The van der Waals surface area contributed by atoms with Gasteiger partial charge in [-0.2, -0.15) is 0 Å². The second-order valence-electron chi connectivity index (χ2n) is 22.4. The molecule has 2 bridgehead atoms. The molecule has 5 aliphatic carbocycles. The maximum atomic E-state index is 6.40. The molecule has 2 heteroatoms. The van der Waals surface area contributed by atoms with Gasteiger partial charge in [0, 0.05) is 33.2 Å². The Balaban J connectivity index is 0.936. The largest absolute Gasteiger partial charge is 0.456 e. The summed E-state index contributed by atoms with van der Waals surface area (Å²) in [4.78, 5) is 2.54. The normalized spacial score (nSPS) is 22.2. The molecule has 11 aromatic rings. The van der Waals surface area contributed by atoms with Crippen LogP contribution in [0, 0.1) is 23.7 Å². The van der Waals surface area contributed by atoms with Gasteiger partial charge in [0.25, 0.3) is 0 Å². The Bertz CT molecular complexity index is 3990. The summed E-state index contributed by atoms with van der Waals surface area (Å²) in [5.41, 5.74) is 23.7. The molecular formula is C72H55NO. The standard InChI is InChI=1S/C72H55NO/c1-45-39-50-41-49-42-51(40-45)71(50)65-38-37-54(44-66(65)72(64-30-13-9-25-60(64)70(49)71)62-28-11-7-23-57(62)58-24-8-12-29-63(58)72)73(53-20-15-19-48(43-53)46-17-3-2-4-18-46)52-35-33-47(34-36-52)55-21-5-6-22-56(55)59-27-16-32-68-69(59)61-26-10-14-31-67(61)74-68/h2-38,43-45,49-51,70H,39-42H2,1H3/t45?,49?,50-,51-,70?,71?/m0/s1. The second kappa shape index (κ2) is 15.9. The lowest BCUT2D eigenvalue weighted by Gasteiger charge is -2.51. The van der Waals surface area contributed by atoms with Gasteiger partial charge in [-0.25, -0.2) is 0 Å². The van der Waals surface area contributed by atoms with Crippen molar-refractivity contribution in [2.45, 2.75) is 49.4 Å². The summed E-state index contributed by atoms with van der Waals surface area (Å²) in [6.45, 7) is 2.54. The van der Waals surface area contributed by atoms with Gasteiger partial charge in [-0.3, -0.25) is 0 Å². The topological polar surface area (TPSA) is 16.4 Å². The molecule has 0 saturated heterocycles. The van der Waals surface area contributed by atoms with Crippen molar-refractivity contribution in [1.29, 1.82) is 0 Å². The minimum absolute atomic E-state index is 0.0806. The Morgan fingerprint density at radius 1 is 0.392 bits per heavy atom. The van der Waals surface area contributed by atoms with E-state index in [2.05, 4.69) is 248 Å². The maximum Gasteiger partial charge on any atom is 0.136 e. The number of hydrogen-bond acceptors (Lipinski definition) is 2. The zero-order chi connectivity index (χ0) is 48.7. The molecule has 0 amide bonds. The van der Waals surface area contributed by atoms with Crippen molar-refractivity contribution in [3.05, 3.63) is 270 Å². The van der Waals surface area contributed by atoms with Gasteiger partial charge in [0.2, 0.25) is 0 Å². The molecule has 3 saturated carbocycles. The Labute approximate surface area is 433 Å². The monoisotopic (exact) mass is 949 g/mol. The summed E-state index contributed by atoms with van der Waals surface area (Å²) >= 11 is 0. The van der Waals surface area contributed by atoms with Crippen LogP contribution in [0.25, 0.3) is 66.4 Å². The number of rotatable bonds is 6. The third kappa shape index (κ3) is 5.72. The van der Waals surface area contributed by atoms with E-state index in [1.165, 1.54) is 98.1 Å². The number of anilines is 3. The van der Waals surface area contributed by atoms with Crippen LogP contribution in [-0.4, -0.2) is 0 Å². The van der Waals surface area contributed by atoms with Gasteiger partial charge in [-0.1, -0.05) is 195 Å². The van der Waals surface area contributed by atoms with Crippen LogP contribution in [-0.2, 0) is 10.8 Å². The molecule has 1 aromatic heterocycles. The van der Waals surface area contributed by atoms with E-state index in [1.807, 2.05) is 0 Å². The van der Waals surface area contributed by atoms with Gasteiger partial charge in [-0.05, 0) is 182 Å². The quantitative estimate of drug-likeness (QED) is 0.165. The van der Waals surface area contributed by atoms with Crippen molar-refractivity contribution in [2.24, 2.45) is 23.7 Å². The van der Waals surface area contributed by atoms with Gasteiger partial charge >= 0.3 is 0 Å². The van der Waals surface area contributed by atoms with Crippen molar-refractivity contribution in [2.75, 3.05) is 4.90 Å². The molecule has 16 rings (SSSR count). The van der Waals surface area contributed by atoms with E-state index in [9.17, 15) is 0 Å². The molecule has 2 spiro atoms. The summed E-state index contributed by atoms with van der Waals surface area (Å²) in [5, 5.41) is 2.29. The number of benzene rings is 10. The minimum atomic E-state index is -0.497. The van der Waals surface area contributed by atoms with Gasteiger partial charge in [0.1, 0.15) is 11.2 Å². The molecule has 0 aliphatic heterocycles. The summed E-state index contributed by atoms with van der Waals surface area (Å²) in [5.74, 6) is 3.26. The molecule has 3 atom stereocenters. The molecule has 5 aliphatic rings. The van der Waals surface area contributed by atoms with Crippen LogP contribution in [0.4, 0.5) is 17.1 Å². The van der Waals surface area contributed by atoms with Crippen LogP contribution in [0.15, 0.2) is 241 Å². The Kier molecular flexibility index (Phi) is 9.09. The van der Waals surface area contributed by atoms with Gasteiger partial charge < -0.3 is 9.32 Å². The van der Waals surface area contributed by atoms with Crippen molar-refractivity contribution in [1.82, 2.24) is 0 Å². The van der Waals surface area contributed by atoms with Gasteiger partial charge in [0.15, 0.2) is 0 Å². The number of nitrogens with zero attached hydrogens (tertiary/aromatic N) is 1. The fourth-order valence-corrected chi connectivity index (χ4v) is 16.6. The molecular weight excluding hydrogens is 895 g/mol. The molecule has 74 heavy (non-hydrogen) atoms. The van der Waals surface area contributed by atoms with E-state index >= 15 is 0 Å². The van der Waals surface area contributed by atoms with E-state index in [-0.39, 0.29) is 5.41 Å². The van der Waals surface area contributed by atoms with Gasteiger partial charge in [0.05, 0.1) is 5.41 Å². The first kappa shape index (κ1) is 42.3. The second-order valence-corrected chi connectivity index (χ2v) is 22.4. The lowest BCUT2D eigenvalue weighted by molar-refractivity contribution is 0.0823. The smallest absolute Gasteiger partial charge is 0.136 e. The average Bonchev–Trinajstić information content (AvgIpc) is 4.19. The number of para-hydroxylation sites is 1. The lowest BCUT2D eigenvalue weighted by atomic mass is 9.53. The number of hydrogen-bond donors (Lipinski definition) is 0. The van der Waals surface area contributed by atoms with E-state index < -0.39 is 5.41 Å². The SMILES string of the molecule is CC1C[C@H]2CC3C[C@H](C1)C21c2ccc(N(c4ccc(-c5ccccc5-c5cccc6oc7ccccc7c56)cc4)c4cccc(-c5ccccc5)c4)cc2C2(c4ccccc4-c4ccccc42)c2ccccc2C31. The molecule has 0 N–H and O–H groups in total. The zero-order valence-corrected chi connectivity index (χ0v) is 41.6. The first-order valence-electron chi connectivity index (χ1n) is 27.1. The van der Waals surface area contributed by atoms with Crippen LogP contribution < -0.4 is 4.90 Å². The molecule has 0 radical (unpaired) electrons. The van der Waals surface area contributed by atoms with Crippen LogP contribution in [0.2, 0.25) is 0 Å². The zero-order valence-electron chi connectivity index (χ0n) is 41.6. The summed E-state index contributed by atoms with van der Waals surface area (Å²) in [6.07, 6.45) is 5.30. The predicted octanol–water partition coefficient (Wildman–Crippen LogP) is 18.8. The van der Waals surface area contributed by atoms with Gasteiger partial charge in [-0.15, -0.1) is 0 Å². The van der Waals surface area contributed by atoms with E-state index in [4.69, 9.17) is 4.42 Å². The van der Waals surface area contributed by atoms with E-state index in [0.717, 1.165) is 39.2 Å². The fourth-order valence-electron chi connectivity index (χ4n) is 16.6. The van der Waals surface area contributed by atoms with Crippen molar-refractivity contribution in [3.63, 3.8) is 0 Å². The molecule has 354 valence electrons. The Morgan fingerprint density at radius 3 is 1.74 bits per heavy atom. The highest BCUT2D eigenvalue weighted by Gasteiger charge is 2.70. The highest BCUT2D eigenvalue weighted by molar-refractivity contribution is 6.13. The van der Waals surface area contributed by atoms with Crippen molar-refractivity contribution in [3.8, 4) is 44.5 Å². The highest BCUT2D eigenvalue weighted by atomic mass is 16.3. The minimum Gasteiger partial charge on any atom is -0.456 e. The van der Waals surface area contributed by atoms with Crippen LogP contribution in [0.3, 0.4) is 0 Å². The average molecular weight is 950 g/mol. The predicted molar refractivity (Wildman–Crippen MR) is 305 cm³/mol. The van der Waals surface area contributed by atoms with Crippen LogP contribution in [0.5, 0.6) is 0 Å². The Morgan fingerprint density at radius 2 is 0.973 bits per heavy atom. The van der Waals surface area contributed by atoms with Crippen LogP contribution >= 0.6 is 0 Å². The third-order valence-electron chi connectivity index (χ3n) is 18.9. The maximum absolute atomic E-state index is 6.40.